The summed E-state index contributed by atoms with van der Waals surface area (Å²) in [6.45, 7) is 6.83. The number of carbonyl (C=O) groups is 1. The molecule has 0 fully saturated rings. The monoisotopic (exact) mass is 377 g/mol. The Balaban J connectivity index is 1.63. The molecule has 0 saturated carbocycles. The highest BCUT2D eigenvalue weighted by atomic mass is 16.5. The number of carbonyl (C=O) groups excluding carboxylic acids is 1. The SMILES string of the molecule is CC(C)(C)c1cc(NC(=O)CCCOc2ccccc2)n(-c2ccccc2)n1. The molecule has 0 saturated heterocycles. The standard InChI is InChI=1S/C23H27N3O2/c1-23(2,3)20-17-21(26(25-20)18-11-6-4-7-12-18)24-22(27)15-10-16-28-19-13-8-5-9-14-19/h4-9,11-14,17H,10,15-16H2,1-3H3,(H,24,27). The number of aromatic nitrogens is 2. The molecular formula is C23H27N3O2. The first-order valence-corrected chi connectivity index (χ1v) is 9.57. The maximum absolute atomic E-state index is 12.5. The Morgan fingerprint density at radius 2 is 1.68 bits per heavy atom. The Labute approximate surface area is 166 Å². The molecule has 5 heteroatoms. The normalized spacial score (nSPS) is 11.2. The summed E-state index contributed by atoms with van der Waals surface area (Å²) in [4.78, 5) is 12.5. The van der Waals surface area contributed by atoms with E-state index in [1.54, 1.807) is 4.68 Å². The van der Waals surface area contributed by atoms with Crippen LogP contribution in [0.3, 0.4) is 0 Å². The Kier molecular flexibility index (Phi) is 6.14. The van der Waals surface area contributed by atoms with Crippen molar-refractivity contribution in [3.05, 3.63) is 72.4 Å². The molecule has 0 aliphatic carbocycles. The smallest absolute Gasteiger partial charge is 0.225 e. The van der Waals surface area contributed by atoms with Gasteiger partial charge in [-0.05, 0) is 30.7 Å². The third-order valence-corrected chi connectivity index (χ3v) is 4.31. The van der Waals surface area contributed by atoms with Gasteiger partial charge in [0.05, 0.1) is 18.0 Å². The molecule has 5 nitrogen and oxygen atoms in total. The van der Waals surface area contributed by atoms with Crippen molar-refractivity contribution in [1.29, 1.82) is 0 Å². The number of nitrogens with zero attached hydrogens (tertiary/aromatic N) is 2. The zero-order chi connectivity index (χ0) is 20.0. The van der Waals surface area contributed by atoms with Crippen molar-refractivity contribution in [1.82, 2.24) is 9.78 Å². The molecule has 3 rings (SSSR count). The lowest BCUT2D eigenvalue weighted by molar-refractivity contribution is -0.116. The van der Waals surface area contributed by atoms with Crippen LogP contribution in [0.5, 0.6) is 5.75 Å². The fourth-order valence-corrected chi connectivity index (χ4v) is 2.75. The minimum atomic E-state index is -0.108. The molecule has 3 aromatic rings. The van der Waals surface area contributed by atoms with Gasteiger partial charge in [0, 0.05) is 17.9 Å². The first-order chi connectivity index (χ1) is 13.4. The van der Waals surface area contributed by atoms with Crippen LogP contribution in [0.2, 0.25) is 0 Å². The van der Waals surface area contributed by atoms with E-state index in [2.05, 4.69) is 26.1 Å². The molecule has 2 aromatic carbocycles. The van der Waals surface area contributed by atoms with Crippen LogP contribution < -0.4 is 10.1 Å². The fourth-order valence-electron chi connectivity index (χ4n) is 2.75. The number of ether oxygens (including phenoxy) is 1. The van der Waals surface area contributed by atoms with Gasteiger partial charge in [-0.25, -0.2) is 4.68 Å². The number of amides is 1. The second kappa shape index (κ2) is 8.74. The molecular weight excluding hydrogens is 350 g/mol. The minimum Gasteiger partial charge on any atom is -0.494 e. The lowest BCUT2D eigenvalue weighted by atomic mass is 9.92. The van der Waals surface area contributed by atoms with E-state index in [9.17, 15) is 4.79 Å². The van der Waals surface area contributed by atoms with Gasteiger partial charge in [0.15, 0.2) is 0 Å². The largest absolute Gasteiger partial charge is 0.494 e. The topological polar surface area (TPSA) is 56.1 Å². The molecule has 0 radical (unpaired) electrons. The third kappa shape index (κ3) is 5.22. The molecule has 0 bridgehead atoms. The van der Waals surface area contributed by atoms with Gasteiger partial charge in [0.2, 0.25) is 5.91 Å². The molecule has 1 amide bonds. The van der Waals surface area contributed by atoms with Gasteiger partial charge in [0.1, 0.15) is 11.6 Å². The Morgan fingerprint density at radius 3 is 2.32 bits per heavy atom. The van der Waals surface area contributed by atoms with Crippen molar-refractivity contribution in [2.75, 3.05) is 11.9 Å². The Morgan fingerprint density at radius 1 is 1.04 bits per heavy atom. The van der Waals surface area contributed by atoms with Gasteiger partial charge < -0.3 is 10.1 Å². The molecule has 1 N–H and O–H groups in total. The summed E-state index contributed by atoms with van der Waals surface area (Å²) >= 11 is 0. The maximum Gasteiger partial charge on any atom is 0.225 e. The summed E-state index contributed by atoms with van der Waals surface area (Å²) in [7, 11) is 0. The number of benzene rings is 2. The van der Waals surface area contributed by atoms with Gasteiger partial charge in [-0.2, -0.15) is 5.10 Å². The Bertz CT molecular complexity index is 897. The van der Waals surface area contributed by atoms with Crippen LogP contribution in [0.1, 0.15) is 39.3 Å². The zero-order valence-corrected chi connectivity index (χ0v) is 16.7. The number of hydrogen-bond donors (Lipinski definition) is 1. The van der Waals surface area contributed by atoms with E-state index in [0.717, 1.165) is 17.1 Å². The van der Waals surface area contributed by atoms with E-state index in [4.69, 9.17) is 9.84 Å². The second-order valence-corrected chi connectivity index (χ2v) is 7.73. The van der Waals surface area contributed by atoms with Crippen LogP contribution in [0.4, 0.5) is 5.82 Å². The Hall–Kier alpha value is -3.08. The van der Waals surface area contributed by atoms with Crippen molar-refractivity contribution in [2.45, 2.75) is 39.0 Å². The van der Waals surface area contributed by atoms with Gasteiger partial charge in [-0.15, -0.1) is 0 Å². The average Bonchev–Trinajstić information content (AvgIpc) is 3.11. The first kappa shape index (κ1) is 19.7. The number of anilines is 1. The predicted molar refractivity (Wildman–Crippen MR) is 112 cm³/mol. The number of rotatable bonds is 7. The van der Waals surface area contributed by atoms with E-state index in [1.165, 1.54) is 0 Å². The maximum atomic E-state index is 12.5. The average molecular weight is 377 g/mol. The summed E-state index contributed by atoms with van der Waals surface area (Å²) in [5, 5.41) is 7.72. The van der Waals surface area contributed by atoms with Gasteiger partial charge in [-0.3, -0.25) is 4.79 Å². The lowest BCUT2D eigenvalue weighted by Crippen LogP contribution is -2.15. The second-order valence-electron chi connectivity index (χ2n) is 7.73. The van der Waals surface area contributed by atoms with Crippen molar-refractivity contribution >= 4 is 11.7 Å². The van der Waals surface area contributed by atoms with Crippen LogP contribution >= 0.6 is 0 Å². The highest BCUT2D eigenvalue weighted by molar-refractivity contribution is 5.90. The minimum absolute atomic E-state index is 0.0470. The third-order valence-electron chi connectivity index (χ3n) is 4.31. The quantitative estimate of drug-likeness (QED) is 0.592. The van der Waals surface area contributed by atoms with Crippen LogP contribution in [-0.4, -0.2) is 22.3 Å². The fraction of sp³-hybridized carbons (Fsp3) is 0.304. The van der Waals surface area contributed by atoms with Gasteiger partial charge in [0.25, 0.3) is 0 Å². The van der Waals surface area contributed by atoms with Crippen molar-refractivity contribution in [3.8, 4) is 11.4 Å². The number of hydrogen-bond acceptors (Lipinski definition) is 3. The van der Waals surface area contributed by atoms with E-state index in [0.29, 0.717) is 25.3 Å². The van der Waals surface area contributed by atoms with E-state index >= 15 is 0 Å². The molecule has 0 spiro atoms. The van der Waals surface area contributed by atoms with Crippen molar-refractivity contribution in [2.24, 2.45) is 0 Å². The molecule has 0 aliphatic rings. The van der Waals surface area contributed by atoms with E-state index in [-0.39, 0.29) is 11.3 Å². The summed E-state index contributed by atoms with van der Waals surface area (Å²) in [6.07, 6.45) is 1.03. The van der Waals surface area contributed by atoms with Crippen molar-refractivity contribution in [3.63, 3.8) is 0 Å². The molecule has 1 aromatic heterocycles. The van der Waals surface area contributed by atoms with E-state index in [1.807, 2.05) is 66.7 Å². The summed E-state index contributed by atoms with van der Waals surface area (Å²) in [6, 6.07) is 21.4. The molecule has 146 valence electrons. The lowest BCUT2D eigenvalue weighted by Gasteiger charge is -2.14. The molecule has 1 heterocycles. The predicted octanol–water partition coefficient (Wildman–Crippen LogP) is 4.97. The van der Waals surface area contributed by atoms with Crippen LogP contribution in [-0.2, 0) is 10.2 Å². The van der Waals surface area contributed by atoms with Crippen LogP contribution in [0.15, 0.2) is 66.7 Å². The van der Waals surface area contributed by atoms with Crippen LogP contribution in [0, 0.1) is 0 Å². The summed E-state index contributed by atoms with van der Waals surface area (Å²) in [5.74, 6) is 1.46. The van der Waals surface area contributed by atoms with Crippen LogP contribution in [0.25, 0.3) is 5.69 Å². The summed E-state index contributed by atoms with van der Waals surface area (Å²) < 4.78 is 7.44. The highest BCUT2D eigenvalue weighted by Crippen LogP contribution is 2.26. The number of nitrogens with one attached hydrogen (secondary N) is 1. The molecule has 0 atom stereocenters. The molecule has 28 heavy (non-hydrogen) atoms. The molecule has 0 unspecified atom stereocenters. The number of para-hydroxylation sites is 2. The molecule has 0 aliphatic heterocycles. The van der Waals surface area contributed by atoms with Gasteiger partial charge in [-0.1, -0.05) is 57.2 Å². The first-order valence-electron chi connectivity index (χ1n) is 9.57. The highest BCUT2D eigenvalue weighted by Gasteiger charge is 2.21. The van der Waals surface area contributed by atoms with Crippen molar-refractivity contribution < 1.29 is 9.53 Å². The van der Waals surface area contributed by atoms with Gasteiger partial charge >= 0.3 is 0 Å². The van der Waals surface area contributed by atoms with E-state index < -0.39 is 0 Å². The summed E-state index contributed by atoms with van der Waals surface area (Å²) in [5.41, 5.74) is 1.74. The zero-order valence-electron chi connectivity index (χ0n) is 16.7.